The van der Waals surface area contributed by atoms with E-state index in [4.69, 9.17) is 18.0 Å². The van der Waals surface area contributed by atoms with Crippen LogP contribution in [0.3, 0.4) is 0 Å². The molecule has 0 saturated carbocycles. The van der Waals surface area contributed by atoms with E-state index in [-0.39, 0.29) is 5.91 Å². The number of nitrogens with zero attached hydrogens (tertiary/aromatic N) is 3. The topological polar surface area (TPSA) is 70.3 Å². The van der Waals surface area contributed by atoms with Crippen molar-refractivity contribution in [2.75, 3.05) is 13.1 Å². The number of primary amides is 1. The Kier molecular flexibility index (Phi) is 5.31. The molecule has 2 heterocycles. The maximum Gasteiger partial charge on any atom is 0.217 e. The highest BCUT2D eigenvalue weighted by molar-refractivity contribution is 7.71. The minimum atomic E-state index is -0.297. The van der Waals surface area contributed by atoms with E-state index in [9.17, 15) is 4.79 Å². The highest BCUT2D eigenvalue weighted by atomic mass is 32.1. The van der Waals surface area contributed by atoms with Crippen LogP contribution in [0.2, 0.25) is 0 Å². The monoisotopic (exact) mass is 298 g/mol. The summed E-state index contributed by atoms with van der Waals surface area (Å²) in [7, 11) is 0. The van der Waals surface area contributed by atoms with E-state index < -0.39 is 0 Å². The Morgan fingerprint density at radius 1 is 1.40 bits per heavy atom. The number of likely N-dealkylation sites (tertiary alicyclic amines) is 1. The molecule has 1 saturated heterocycles. The van der Waals surface area contributed by atoms with Crippen LogP contribution in [0, 0.1) is 4.77 Å². The van der Waals surface area contributed by atoms with E-state index >= 15 is 0 Å². The lowest BCUT2D eigenvalue weighted by atomic mass is 10.1. The zero-order valence-corrected chi connectivity index (χ0v) is 12.9. The van der Waals surface area contributed by atoms with Crippen molar-refractivity contribution in [3.05, 3.63) is 10.6 Å². The zero-order chi connectivity index (χ0) is 14.5. The molecule has 0 radical (unpaired) electrons. The molecule has 0 unspecified atom stereocenters. The lowest BCUT2D eigenvalue weighted by molar-refractivity contribution is -0.928. The van der Waals surface area contributed by atoms with Gasteiger partial charge in [0.2, 0.25) is 10.7 Å². The van der Waals surface area contributed by atoms with E-state index in [0.29, 0.717) is 12.8 Å². The summed E-state index contributed by atoms with van der Waals surface area (Å²) in [4.78, 5) is 12.5. The van der Waals surface area contributed by atoms with Crippen molar-refractivity contribution in [1.82, 2.24) is 14.3 Å². The van der Waals surface area contributed by atoms with Crippen LogP contribution in [0.25, 0.3) is 0 Å². The summed E-state index contributed by atoms with van der Waals surface area (Å²) in [6.45, 7) is 6.04. The first-order valence-corrected chi connectivity index (χ1v) is 7.81. The third-order valence-corrected chi connectivity index (χ3v) is 4.28. The van der Waals surface area contributed by atoms with Gasteiger partial charge in [-0.05, 0) is 38.4 Å². The van der Waals surface area contributed by atoms with Gasteiger partial charge in [0, 0.05) is 19.4 Å². The lowest BCUT2D eigenvalue weighted by Crippen LogP contribution is -3.12. The third kappa shape index (κ3) is 3.67. The summed E-state index contributed by atoms with van der Waals surface area (Å²) in [6, 6.07) is 0. The average Bonchev–Trinajstić information content (AvgIpc) is 2.73. The molecule has 3 N–H and O–H groups in total. The van der Waals surface area contributed by atoms with Crippen LogP contribution in [0.5, 0.6) is 0 Å². The van der Waals surface area contributed by atoms with Crippen molar-refractivity contribution in [2.24, 2.45) is 5.73 Å². The Balaban J connectivity index is 2.12. The van der Waals surface area contributed by atoms with Crippen molar-refractivity contribution in [3.8, 4) is 0 Å². The molecule has 1 aromatic heterocycles. The van der Waals surface area contributed by atoms with Gasteiger partial charge >= 0.3 is 0 Å². The average molecular weight is 298 g/mol. The van der Waals surface area contributed by atoms with Gasteiger partial charge in [-0.3, -0.25) is 4.79 Å². The van der Waals surface area contributed by atoms with E-state index in [1.54, 1.807) is 0 Å². The minimum Gasteiger partial charge on any atom is -0.370 e. The predicted octanol–water partition coefficient (Wildman–Crippen LogP) is -0.122. The Labute approximate surface area is 124 Å². The molecule has 1 amide bonds. The molecule has 0 spiro atoms. The molecule has 6 nitrogen and oxygen atoms in total. The number of hydrogen-bond donors (Lipinski definition) is 2. The summed E-state index contributed by atoms with van der Waals surface area (Å²) in [6.07, 6.45) is 4.79. The lowest BCUT2D eigenvalue weighted by Gasteiger charge is -2.22. The summed E-state index contributed by atoms with van der Waals surface area (Å²) in [5, 5.41) is 4.59. The molecule has 0 bridgehead atoms. The normalized spacial score (nSPS) is 16.4. The number of carbonyl (C=O) groups excluding carboxylic acids is 1. The van der Waals surface area contributed by atoms with Gasteiger partial charge in [0.1, 0.15) is 5.82 Å². The molecule has 20 heavy (non-hydrogen) atoms. The van der Waals surface area contributed by atoms with Crippen LogP contribution >= 0.6 is 12.2 Å². The quantitative estimate of drug-likeness (QED) is 0.719. The minimum absolute atomic E-state index is 0.297. The van der Waals surface area contributed by atoms with Gasteiger partial charge in [0.25, 0.3) is 0 Å². The fourth-order valence-electron chi connectivity index (χ4n) is 2.75. The number of rotatable bonds is 6. The smallest absolute Gasteiger partial charge is 0.217 e. The number of nitrogens with two attached hydrogens (primary N) is 1. The summed E-state index contributed by atoms with van der Waals surface area (Å²) < 4.78 is 4.67. The molecule has 1 fully saturated rings. The van der Waals surface area contributed by atoms with Gasteiger partial charge in [-0.15, -0.1) is 0 Å². The van der Waals surface area contributed by atoms with Crippen LogP contribution in [-0.2, 0) is 24.4 Å². The molecule has 0 atom stereocenters. The zero-order valence-electron chi connectivity index (χ0n) is 12.1. The van der Waals surface area contributed by atoms with Crippen molar-refractivity contribution >= 4 is 18.1 Å². The maximum absolute atomic E-state index is 10.9. The molecular weight excluding hydrogens is 274 g/mol. The number of aryl methyl sites for hydroxylation is 1. The van der Waals surface area contributed by atoms with Crippen LogP contribution in [-0.4, -0.2) is 33.3 Å². The van der Waals surface area contributed by atoms with Crippen molar-refractivity contribution in [3.63, 3.8) is 0 Å². The molecule has 1 aliphatic heterocycles. The highest BCUT2D eigenvalue weighted by Gasteiger charge is 2.17. The first-order chi connectivity index (χ1) is 9.61. The third-order valence-electron chi connectivity index (χ3n) is 3.84. The fraction of sp³-hybridized carbons (Fsp3) is 0.769. The highest BCUT2D eigenvalue weighted by Crippen LogP contribution is 2.04. The summed E-state index contributed by atoms with van der Waals surface area (Å²) >= 11 is 5.49. The number of carbonyl (C=O) groups is 1. The summed E-state index contributed by atoms with van der Waals surface area (Å²) in [5.41, 5.74) is 5.21. The molecular formula is C13H24N5OS+. The Morgan fingerprint density at radius 2 is 2.10 bits per heavy atom. The Hall–Kier alpha value is -1.21. The second kappa shape index (κ2) is 6.99. The van der Waals surface area contributed by atoms with Gasteiger partial charge in [0.15, 0.2) is 6.67 Å². The summed E-state index contributed by atoms with van der Waals surface area (Å²) in [5.74, 6) is 0.572. The van der Waals surface area contributed by atoms with E-state index in [1.165, 1.54) is 37.3 Å². The molecule has 0 aliphatic carbocycles. The number of amides is 1. The number of piperidine rings is 1. The molecule has 112 valence electrons. The SMILES string of the molecule is CCn1c(CCC(N)=O)nn(C[NH+]2CCCCC2)c1=S. The van der Waals surface area contributed by atoms with Crippen molar-refractivity contribution in [2.45, 2.75) is 52.2 Å². The van der Waals surface area contributed by atoms with Crippen molar-refractivity contribution in [1.29, 1.82) is 0 Å². The van der Waals surface area contributed by atoms with E-state index in [2.05, 4.69) is 5.10 Å². The van der Waals surface area contributed by atoms with E-state index in [1.807, 2.05) is 16.2 Å². The number of quaternary nitrogens is 1. The van der Waals surface area contributed by atoms with E-state index in [0.717, 1.165) is 23.8 Å². The van der Waals surface area contributed by atoms with Gasteiger partial charge in [-0.25, -0.2) is 0 Å². The molecule has 1 aliphatic rings. The molecule has 1 aromatic rings. The van der Waals surface area contributed by atoms with Gasteiger partial charge < -0.3 is 15.2 Å². The van der Waals surface area contributed by atoms with Crippen LogP contribution in [0.1, 0.15) is 38.4 Å². The number of aromatic nitrogens is 3. The molecule has 7 heteroatoms. The van der Waals surface area contributed by atoms with Crippen LogP contribution in [0.15, 0.2) is 0 Å². The maximum atomic E-state index is 10.9. The van der Waals surface area contributed by atoms with Crippen LogP contribution in [0.4, 0.5) is 0 Å². The second-order valence-corrected chi connectivity index (χ2v) is 5.74. The molecule has 2 rings (SSSR count). The molecule has 0 aromatic carbocycles. The number of nitrogens with one attached hydrogen (secondary N) is 1. The van der Waals surface area contributed by atoms with Crippen LogP contribution < -0.4 is 10.6 Å². The predicted molar refractivity (Wildman–Crippen MR) is 78.8 cm³/mol. The number of hydrogen-bond acceptors (Lipinski definition) is 3. The van der Waals surface area contributed by atoms with Gasteiger partial charge in [-0.1, -0.05) is 0 Å². The van der Waals surface area contributed by atoms with Gasteiger partial charge in [-0.2, -0.15) is 9.78 Å². The standard InChI is InChI=1S/C13H23N5OS/c1-2-17-12(7-6-11(14)19)15-18(13(17)20)10-16-8-4-3-5-9-16/h2-10H2,1H3,(H2,14,19)/p+1. The first kappa shape index (κ1) is 15.2. The first-order valence-electron chi connectivity index (χ1n) is 7.40. The van der Waals surface area contributed by atoms with Crippen molar-refractivity contribution < 1.29 is 9.69 Å². The largest absolute Gasteiger partial charge is 0.370 e. The second-order valence-electron chi connectivity index (χ2n) is 5.38. The Morgan fingerprint density at radius 3 is 2.70 bits per heavy atom. The Bertz CT molecular complexity index is 515. The van der Waals surface area contributed by atoms with Gasteiger partial charge in [0.05, 0.1) is 13.1 Å². The fourth-order valence-corrected chi connectivity index (χ4v) is 3.09.